The van der Waals surface area contributed by atoms with Crippen molar-refractivity contribution in [2.75, 3.05) is 0 Å². The highest BCUT2D eigenvalue weighted by molar-refractivity contribution is 5.90. The number of hydrogen-bond acceptors (Lipinski definition) is 4. The van der Waals surface area contributed by atoms with E-state index in [1.165, 1.54) is 0 Å². The molecule has 12 heavy (non-hydrogen) atoms. The van der Waals surface area contributed by atoms with Gasteiger partial charge in [0.1, 0.15) is 11.6 Å². The van der Waals surface area contributed by atoms with E-state index >= 15 is 0 Å². The Morgan fingerprint density at radius 3 is 1.42 bits per heavy atom. The van der Waals surface area contributed by atoms with Crippen LogP contribution in [0.1, 0.15) is 26.7 Å². The zero-order valence-corrected chi connectivity index (χ0v) is 7.54. The Kier molecular flexibility index (Phi) is 4.70. The lowest BCUT2D eigenvalue weighted by atomic mass is 10.1. The van der Waals surface area contributed by atoms with Gasteiger partial charge in [0.15, 0.2) is 0 Å². The lowest BCUT2D eigenvalue weighted by molar-refractivity contribution is -0.125. The Labute approximate surface area is 72.3 Å². The molecule has 4 heteroatoms. The second-order valence-corrected chi connectivity index (χ2v) is 3.01. The van der Waals surface area contributed by atoms with Crippen LogP contribution in [0.4, 0.5) is 0 Å². The summed E-state index contributed by atoms with van der Waals surface area (Å²) in [5.41, 5.74) is 10.6. The predicted octanol–water partition coefficient (Wildman–Crippen LogP) is -0.401. The van der Waals surface area contributed by atoms with Gasteiger partial charge in [-0.3, -0.25) is 9.59 Å². The van der Waals surface area contributed by atoms with Gasteiger partial charge in [0.25, 0.3) is 0 Å². The van der Waals surface area contributed by atoms with E-state index in [0.717, 1.165) is 0 Å². The largest absolute Gasteiger partial charge is 0.322 e. The van der Waals surface area contributed by atoms with Crippen molar-refractivity contribution in [2.24, 2.45) is 11.5 Å². The molecule has 0 radical (unpaired) electrons. The van der Waals surface area contributed by atoms with Gasteiger partial charge >= 0.3 is 0 Å². The molecule has 0 aromatic heterocycles. The van der Waals surface area contributed by atoms with Gasteiger partial charge in [-0.1, -0.05) is 0 Å². The maximum Gasteiger partial charge on any atom is 0.149 e. The van der Waals surface area contributed by atoms with E-state index in [4.69, 9.17) is 11.5 Å². The van der Waals surface area contributed by atoms with Crippen LogP contribution in [-0.4, -0.2) is 23.7 Å². The molecule has 0 bridgehead atoms. The van der Waals surface area contributed by atoms with Crippen LogP contribution in [0, 0.1) is 0 Å². The van der Waals surface area contributed by atoms with E-state index in [1.807, 2.05) is 0 Å². The van der Waals surface area contributed by atoms with Gasteiger partial charge in [-0.2, -0.15) is 0 Å². The van der Waals surface area contributed by atoms with Crippen molar-refractivity contribution < 1.29 is 9.59 Å². The number of rotatable bonds is 5. The zero-order valence-electron chi connectivity index (χ0n) is 7.54. The van der Waals surface area contributed by atoms with Gasteiger partial charge in [0, 0.05) is 12.8 Å². The van der Waals surface area contributed by atoms with Crippen LogP contribution in [0.2, 0.25) is 0 Å². The quantitative estimate of drug-likeness (QED) is 0.590. The summed E-state index contributed by atoms with van der Waals surface area (Å²) in [7, 11) is 0. The predicted molar refractivity (Wildman–Crippen MR) is 46.5 cm³/mol. The summed E-state index contributed by atoms with van der Waals surface area (Å²) in [6.07, 6.45) is 0.413. The minimum absolute atomic E-state index is 0.0935. The second-order valence-electron chi connectivity index (χ2n) is 3.01. The van der Waals surface area contributed by atoms with E-state index in [9.17, 15) is 9.59 Å². The summed E-state index contributed by atoms with van der Waals surface area (Å²) < 4.78 is 0. The number of hydrogen-bond donors (Lipinski definition) is 2. The average molecular weight is 172 g/mol. The second kappa shape index (κ2) is 5.00. The molecule has 0 aliphatic carbocycles. The highest BCUT2D eigenvalue weighted by Crippen LogP contribution is 1.97. The first kappa shape index (κ1) is 11.3. The van der Waals surface area contributed by atoms with Crippen molar-refractivity contribution in [3.05, 3.63) is 0 Å². The van der Waals surface area contributed by atoms with Crippen molar-refractivity contribution in [3.8, 4) is 0 Å². The molecule has 2 unspecified atom stereocenters. The Morgan fingerprint density at radius 1 is 1.00 bits per heavy atom. The first-order valence-electron chi connectivity index (χ1n) is 4.01. The van der Waals surface area contributed by atoms with E-state index in [-0.39, 0.29) is 24.4 Å². The molecule has 0 aliphatic rings. The first-order valence-corrected chi connectivity index (χ1v) is 4.01. The van der Waals surface area contributed by atoms with Crippen molar-refractivity contribution >= 4 is 11.6 Å². The molecule has 4 nitrogen and oxygen atoms in total. The highest BCUT2D eigenvalue weighted by atomic mass is 16.1. The number of Topliss-reactive ketones (excluding diaryl/α,β-unsaturated/α-hetero) is 2. The van der Waals surface area contributed by atoms with Crippen molar-refractivity contribution in [1.29, 1.82) is 0 Å². The molecular weight excluding hydrogens is 156 g/mol. The molecule has 4 N–H and O–H groups in total. The van der Waals surface area contributed by atoms with Crippen LogP contribution in [-0.2, 0) is 9.59 Å². The van der Waals surface area contributed by atoms with E-state index < -0.39 is 12.1 Å². The van der Waals surface area contributed by atoms with Gasteiger partial charge in [-0.25, -0.2) is 0 Å². The standard InChI is InChI=1S/C8H16N2O2/c1-5(9)7(11)3-4-8(12)6(2)10/h5-6H,3-4,9-10H2,1-2H3. The average Bonchev–Trinajstić information content (AvgIpc) is 1.98. The molecule has 0 aromatic rings. The topological polar surface area (TPSA) is 86.2 Å². The Bertz CT molecular complexity index is 156. The van der Waals surface area contributed by atoms with Gasteiger partial charge in [-0.05, 0) is 13.8 Å². The van der Waals surface area contributed by atoms with Gasteiger partial charge < -0.3 is 11.5 Å². The molecule has 0 rings (SSSR count). The molecule has 0 aliphatic heterocycles. The van der Waals surface area contributed by atoms with Crippen LogP contribution in [0.15, 0.2) is 0 Å². The summed E-state index contributed by atoms with van der Waals surface area (Å²) in [5, 5.41) is 0. The summed E-state index contributed by atoms with van der Waals surface area (Å²) >= 11 is 0. The minimum atomic E-state index is -0.481. The van der Waals surface area contributed by atoms with Crippen LogP contribution in [0.25, 0.3) is 0 Å². The molecule has 0 amide bonds. The third-order valence-corrected chi connectivity index (χ3v) is 1.63. The molecule has 0 fully saturated rings. The summed E-state index contributed by atoms with van der Waals surface area (Å²) in [4.78, 5) is 21.9. The molecule has 0 saturated heterocycles. The third-order valence-electron chi connectivity index (χ3n) is 1.63. The molecule has 0 spiro atoms. The number of carbonyl (C=O) groups is 2. The van der Waals surface area contributed by atoms with E-state index in [0.29, 0.717) is 0 Å². The monoisotopic (exact) mass is 172 g/mol. The van der Waals surface area contributed by atoms with Gasteiger partial charge in [0.05, 0.1) is 12.1 Å². The fraction of sp³-hybridized carbons (Fsp3) is 0.750. The SMILES string of the molecule is CC(N)C(=O)CCC(=O)C(C)N. The van der Waals surface area contributed by atoms with Crippen molar-refractivity contribution in [2.45, 2.75) is 38.8 Å². The zero-order chi connectivity index (χ0) is 9.72. The third kappa shape index (κ3) is 4.20. The Balaban J connectivity index is 3.69. The van der Waals surface area contributed by atoms with Crippen LogP contribution in [0.3, 0.4) is 0 Å². The van der Waals surface area contributed by atoms with Gasteiger partial charge in [-0.15, -0.1) is 0 Å². The van der Waals surface area contributed by atoms with Crippen molar-refractivity contribution in [3.63, 3.8) is 0 Å². The molecule has 0 heterocycles. The minimum Gasteiger partial charge on any atom is -0.322 e. The molecular formula is C8H16N2O2. The van der Waals surface area contributed by atoms with E-state index in [2.05, 4.69) is 0 Å². The summed E-state index contributed by atoms with van der Waals surface area (Å²) in [5.74, 6) is -0.187. The Hall–Kier alpha value is -0.740. The summed E-state index contributed by atoms with van der Waals surface area (Å²) in [6, 6.07) is -0.961. The molecule has 0 aromatic carbocycles. The maximum atomic E-state index is 11.0. The van der Waals surface area contributed by atoms with Crippen LogP contribution < -0.4 is 11.5 Å². The summed E-state index contributed by atoms with van der Waals surface area (Å²) in [6.45, 7) is 3.22. The lowest BCUT2D eigenvalue weighted by Gasteiger charge is -2.05. The molecule has 2 atom stereocenters. The highest BCUT2D eigenvalue weighted by Gasteiger charge is 2.12. The number of nitrogens with two attached hydrogens (primary N) is 2. The van der Waals surface area contributed by atoms with Crippen molar-refractivity contribution in [1.82, 2.24) is 0 Å². The van der Waals surface area contributed by atoms with Gasteiger partial charge in [0.2, 0.25) is 0 Å². The fourth-order valence-electron chi connectivity index (χ4n) is 0.702. The normalized spacial score (nSPS) is 15.3. The van der Waals surface area contributed by atoms with E-state index in [1.54, 1.807) is 13.8 Å². The van der Waals surface area contributed by atoms with Crippen LogP contribution >= 0.6 is 0 Å². The molecule has 0 saturated carbocycles. The lowest BCUT2D eigenvalue weighted by Crippen LogP contribution is -2.30. The maximum absolute atomic E-state index is 11.0. The first-order chi connectivity index (χ1) is 5.45. The smallest absolute Gasteiger partial charge is 0.149 e. The van der Waals surface area contributed by atoms with Crippen LogP contribution in [0.5, 0.6) is 0 Å². The number of ketones is 2. The molecule has 70 valence electrons. The fourth-order valence-corrected chi connectivity index (χ4v) is 0.702. The number of carbonyl (C=O) groups excluding carboxylic acids is 2. The Morgan fingerprint density at radius 2 is 1.25 bits per heavy atom.